The highest BCUT2D eigenvalue weighted by Gasteiger charge is 2.47. The number of phenols is 1. The highest BCUT2D eigenvalue weighted by atomic mass is 35.5. The van der Waals surface area contributed by atoms with Crippen molar-refractivity contribution in [2.75, 3.05) is 0 Å². The lowest BCUT2D eigenvalue weighted by Gasteiger charge is -2.35. The van der Waals surface area contributed by atoms with Gasteiger partial charge in [-0.15, -0.1) is 0 Å². The van der Waals surface area contributed by atoms with E-state index < -0.39 is 5.79 Å². The Hall–Kier alpha value is -1.09. The fraction of sp³-hybridized carbons (Fsp3) is 0.400. The fourth-order valence-corrected chi connectivity index (χ4v) is 1.93. The van der Waals surface area contributed by atoms with Crippen molar-refractivity contribution < 1.29 is 14.6 Å². The van der Waals surface area contributed by atoms with Gasteiger partial charge in [-0.2, -0.15) is 0 Å². The van der Waals surface area contributed by atoms with E-state index in [4.69, 9.17) is 21.1 Å². The van der Waals surface area contributed by atoms with Gasteiger partial charge >= 0.3 is 0 Å². The van der Waals surface area contributed by atoms with E-state index in [2.05, 4.69) is 0 Å². The van der Waals surface area contributed by atoms with Crippen LogP contribution in [0.1, 0.15) is 19.3 Å². The molecule has 1 heterocycles. The lowest BCUT2D eigenvalue weighted by molar-refractivity contribution is -0.138. The van der Waals surface area contributed by atoms with Gasteiger partial charge in [0.25, 0.3) is 5.79 Å². The maximum Gasteiger partial charge on any atom is 0.251 e. The molecule has 0 atom stereocenters. The van der Waals surface area contributed by atoms with E-state index in [9.17, 15) is 5.11 Å². The van der Waals surface area contributed by atoms with Gasteiger partial charge in [0.2, 0.25) is 0 Å². The van der Waals surface area contributed by atoms with E-state index in [1.165, 1.54) is 6.07 Å². The van der Waals surface area contributed by atoms with Crippen LogP contribution in [-0.2, 0) is 0 Å². The maximum absolute atomic E-state index is 9.38. The lowest BCUT2D eigenvalue weighted by Crippen LogP contribution is -2.45. The highest BCUT2D eigenvalue weighted by molar-refractivity contribution is 6.32. The largest absolute Gasteiger partial charge is 0.506 e. The van der Waals surface area contributed by atoms with E-state index in [1.807, 2.05) is 0 Å². The smallest absolute Gasteiger partial charge is 0.251 e. The van der Waals surface area contributed by atoms with Gasteiger partial charge in [-0.3, -0.25) is 0 Å². The second kappa shape index (κ2) is 2.48. The van der Waals surface area contributed by atoms with Gasteiger partial charge < -0.3 is 14.6 Å². The van der Waals surface area contributed by atoms with Gasteiger partial charge in [0.05, 0.1) is 5.02 Å². The van der Waals surface area contributed by atoms with E-state index in [1.54, 1.807) is 6.07 Å². The molecule has 1 N–H and O–H groups in total. The number of halogens is 1. The first kappa shape index (κ1) is 8.24. The van der Waals surface area contributed by atoms with E-state index >= 15 is 0 Å². The second-order valence-corrected chi connectivity index (χ2v) is 4.13. The first-order valence-electron chi connectivity index (χ1n) is 4.59. The summed E-state index contributed by atoms with van der Waals surface area (Å²) in [5.74, 6) is 0.795. The lowest BCUT2D eigenvalue weighted by atomic mass is 9.91. The second-order valence-electron chi connectivity index (χ2n) is 3.72. The molecule has 1 aliphatic heterocycles. The number of benzene rings is 1. The molecule has 1 aliphatic carbocycles. The molecule has 14 heavy (non-hydrogen) atoms. The molecule has 1 aromatic carbocycles. The highest BCUT2D eigenvalue weighted by Crippen LogP contribution is 2.50. The Balaban J connectivity index is 2.02. The molecule has 74 valence electrons. The summed E-state index contributed by atoms with van der Waals surface area (Å²) in [5, 5.41) is 9.67. The number of ether oxygens (including phenoxy) is 2. The maximum atomic E-state index is 9.38. The first-order valence-corrected chi connectivity index (χ1v) is 4.97. The molecule has 0 unspecified atom stereocenters. The standard InChI is InChI=1S/C10H9ClO3/c11-6-4-8-9(5-7(6)12)14-10(13-8)2-1-3-10/h4-5,12H,1-3H2. The summed E-state index contributed by atoms with van der Waals surface area (Å²) >= 11 is 5.76. The number of hydrogen-bond acceptors (Lipinski definition) is 3. The minimum absolute atomic E-state index is 0.0328. The van der Waals surface area contributed by atoms with Crippen LogP contribution in [0.5, 0.6) is 17.2 Å². The third-order valence-electron chi connectivity index (χ3n) is 2.72. The Morgan fingerprint density at radius 3 is 2.43 bits per heavy atom. The summed E-state index contributed by atoms with van der Waals surface area (Å²) in [6.07, 6.45) is 2.92. The van der Waals surface area contributed by atoms with Crippen LogP contribution in [0.15, 0.2) is 12.1 Å². The zero-order valence-corrected chi connectivity index (χ0v) is 8.17. The molecule has 1 saturated carbocycles. The topological polar surface area (TPSA) is 38.7 Å². The minimum Gasteiger partial charge on any atom is -0.506 e. The molecule has 0 saturated heterocycles. The Morgan fingerprint density at radius 1 is 1.21 bits per heavy atom. The fourth-order valence-electron chi connectivity index (χ4n) is 1.78. The van der Waals surface area contributed by atoms with Crippen LogP contribution in [0, 0.1) is 0 Å². The van der Waals surface area contributed by atoms with Gasteiger partial charge in [-0.25, -0.2) is 0 Å². The van der Waals surface area contributed by atoms with Crippen LogP contribution >= 0.6 is 11.6 Å². The van der Waals surface area contributed by atoms with Crippen molar-refractivity contribution in [1.82, 2.24) is 0 Å². The Bertz CT molecular complexity index is 366. The molecular formula is C10H9ClO3. The Kier molecular flexibility index (Phi) is 1.46. The van der Waals surface area contributed by atoms with Crippen molar-refractivity contribution in [3.8, 4) is 17.2 Å². The zero-order valence-electron chi connectivity index (χ0n) is 7.42. The molecule has 0 aromatic heterocycles. The molecular weight excluding hydrogens is 204 g/mol. The van der Waals surface area contributed by atoms with Crippen molar-refractivity contribution in [2.45, 2.75) is 25.0 Å². The van der Waals surface area contributed by atoms with E-state index in [-0.39, 0.29) is 5.75 Å². The summed E-state index contributed by atoms with van der Waals surface area (Å²) in [6.45, 7) is 0. The number of fused-ring (bicyclic) bond motifs is 1. The van der Waals surface area contributed by atoms with Crippen molar-refractivity contribution in [2.24, 2.45) is 0 Å². The third kappa shape index (κ3) is 0.989. The SMILES string of the molecule is Oc1cc2c(cc1Cl)OC1(CCC1)O2. The predicted octanol–water partition coefficient (Wildman–Crippen LogP) is 2.70. The molecule has 0 amide bonds. The quantitative estimate of drug-likeness (QED) is 0.719. The summed E-state index contributed by atoms with van der Waals surface area (Å²) < 4.78 is 11.3. The number of aromatic hydroxyl groups is 1. The molecule has 1 spiro atoms. The Labute approximate surface area is 86.2 Å². The van der Waals surface area contributed by atoms with Crippen molar-refractivity contribution in [3.05, 3.63) is 17.2 Å². The normalized spacial score (nSPS) is 20.9. The van der Waals surface area contributed by atoms with E-state index in [0.29, 0.717) is 16.5 Å². The zero-order chi connectivity index (χ0) is 9.76. The van der Waals surface area contributed by atoms with Gasteiger partial charge in [0.1, 0.15) is 5.75 Å². The Morgan fingerprint density at radius 2 is 1.86 bits per heavy atom. The molecule has 0 radical (unpaired) electrons. The average molecular weight is 213 g/mol. The van der Waals surface area contributed by atoms with Crippen LogP contribution in [-0.4, -0.2) is 10.9 Å². The molecule has 3 rings (SSSR count). The molecule has 4 heteroatoms. The predicted molar refractivity (Wildman–Crippen MR) is 51.0 cm³/mol. The molecule has 1 fully saturated rings. The molecule has 0 bridgehead atoms. The van der Waals surface area contributed by atoms with Crippen LogP contribution < -0.4 is 9.47 Å². The van der Waals surface area contributed by atoms with Crippen LogP contribution in [0.25, 0.3) is 0 Å². The number of rotatable bonds is 0. The first-order chi connectivity index (χ1) is 6.69. The van der Waals surface area contributed by atoms with Gasteiger partial charge in [0, 0.05) is 25.0 Å². The molecule has 3 nitrogen and oxygen atoms in total. The van der Waals surface area contributed by atoms with E-state index in [0.717, 1.165) is 19.3 Å². The van der Waals surface area contributed by atoms with Gasteiger partial charge in [-0.05, 0) is 6.42 Å². The number of phenolic OH excluding ortho intramolecular Hbond substituents is 1. The van der Waals surface area contributed by atoms with Crippen LogP contribution in [0.2, 0.25) is 5.02 Å². The average Bonchev–Trinajstić information content (AvgIpc) is 2.44. The molecule has 1 aromatic rings. The molecule has 2 aliphatic rings. The van der Waals surface area contributed by atoms with Crippen molar-refractivity contribution >= 4 is 11.6 Å². The van der Waals surface area contributed by atoms with Gasteiger partial charge in [0.15, 0.2) is 11.5 Å². The van der Waals surface area contributed by atoms with Crippen molar-refractivity contribution in [1.29, 1.82) is 0 Å². The third-order valence-corrected chi connectivity index (χ3v) is 3.02. The summed E-state index contributed by atoms with van der Waals surface area (Å²) in [7, 11) is 0. The summed E-state index contributed by atoms with van der Waals surface area (Å²) in [4.78, 5) is 0. The monoisotopic (exact) mass is 212 g/mol. The van der Waals surface area contributed by atoms with Gasteiger partial charge in [-0.1, -0.05) is 11.6 Å². The van der Waals surface area contributed by atoms with Crippen LogP contribution in [0.3, 0.4) is 0 Å². The minimum atomic E-state index is -0.459. The summed E-state index contributed by atoms with van der Waals surface area (Å²) in [5.41, 5.74) is 0. The van der Waals surface area contributed by atoms with Crippen molar-refractivity contribution in [3.63, 3.8) is 0 Å². The number of hydrogen-bond donors (Lipinski definition) is 1. The summed E-state index contributed by atoms with van der Waals surface area (Å²) in [6, 6.07) is 3.10. The van der Waals surface area contributed by atoms with Crippen LogP contribution in [0.4, 0.5) is 0 Å².